The zero-order valence-corrected chi connectivity index (χ0v) is 9.56. The number of hydrogen-bond donors (Lipinski definition) is 2. The molecule has 1 atom stereocenters. The van der Waals surface area contributed by atoms with Crippen LogP contribution in [0.5, 0.6) is 0 Å². The normalized spacial score (nSPS) is 19.7. The second-order valence-electron chi connectivity index (χ2n) is 3.99. The Morgan fingerprint density at radius 3 is 3.27 bits per heavy atom. The fourth-order valence-electron chi connectivity index (χ4n) is 1.76. The molecule has 4 nitrogen and oxygen atoms in total. The van der Waals surface area contributed by atoms with Crippen LogP contribution in [0, 0.1) is 5.92 Å². The molecule has 0 saturated heterocycles. The minimum absolute atomic E-state index is 0.0145. The highest BCUT2D eigenvalue weighted by Gasteiger charge is 2.20. The number of carbonyl (C=O) groups excluding carboxylic acids is 1. The molecule has 0 spiro atoms. The SMILES string of the molecule is CC1CCc2nc(NC(=O)CN)sc2C1. The first-order valence-corrected chi connectivity index (χ1v) is 5.99. The van der Waals surface area contributed by atoms with Gasteiger partial charge in [-0.15, -0.1) is 11.3 Å². The molecule has 0 radical (unpaired) electrons. The van der Waals surface area contributed by atoms with Gasteiger partial charge in [0.25, 0.3) is 0 Å². The van der Waals surface area contributed by atoms with Gasteiger partial charge in [-0.25, -0.2) is 4.98 Å². The van der Waals surface area contributed by atoms with E-state index in [2.05, 4.69) is 17.2 Å². The van der Waals surface area contributed by atoms with E-state index in [-0.39, 0.29) is 12.5 Å². The summed E-state index contributed by atoms with van der Waals surface area (Å²) in [5.41, 5.74) is 6.39. The van der Waals surface area contributed by atoms with Crippen LogP contribution in [0.2, 0.25) is 0 Å². The molecule has 0 fully saturated rings. The van der Waals surface area contributed by atoms with Gasteiger partial charge in [0.05, 0.1) is 12.2 Å². The number of amides is 1. The van der Waals surface area contributed by atoms with E-state index in [4.69, 9.17) is 5.73 Å². The smallest absolute Gasteiger partial charge is 0.239 e. The lowest BCUT2D eigenvalue weighted by Gasteiger charge is -2.15. The third-order valence-electron chi connectivity index (χ3n) is 2.62. The maximum absolute atomic E-state index is 11.1. The minimum Gasteiger partial charge on any atom is -0.322 e. The summed E-state index contributed by atoms with van der Waals surface area (Å²) in [5.74, 6) is 0.560. The molecule has 1 aromatic rings. The molecule has 1 heterocycles. The molecular formula is C10H15N3OS. The van der Waals surface area contributed by atoms with Crippen LogP contribution in [0.4, 0.5) is 5.13 Å². The molecule has 0 aliphatic heterocycles. The predicted octanol–water partition coefficient (Wildman–Crippen LogP) is 1.17. The summed E-state index contributed by atoms with van der Waals surface area (Å²) in [7, 11) is 0. The highest BCUT2D eigenvalue weighted by molar-refractivity contribution is 7.15. The van der Waals surface area contributed by atoms with E-state index in [1.54, 1.807) is 11.3 Å². The number of nitrogens with two attached hydrogens (primary N) is 1. The Balaban J connectivity index is 2.12. The first-order chi connectivity index (χ1) is 7.19. The number of nitrogens with one attached hydrogen (secondary N) is 1. The molecule has 0 saturated carbocycles. The average Bonchev–Trinajstić information content (AvgIpc) is 2.59. The quantitative estimate of drug-likeness (QED) is 0.793. The number of nitrogens with zero attached hydrogens (tertiary/aromatic N) is 1. The number of rotatable bonds is 2. The fraction of sp³-hybridized carbons (Fsp3) is 0.600. The van der Waals surface area contributed by atoms with Crippen molar-refractivity contribution in [3.63, 3.8) is 0 Å². The average molecular weight is 225 g/mol. The van der Waals surface area contributed by atoms with Gasteiger partial charge in [0, 0.05) is 4.88 Å². The predicted molar refractivity (Wildman–Crippen MR) is 61.0 cm³/mol. The zero-order chi connectivity index (χ0) is 10.8. The third kappa shape index (κ3) is 2.35. The number of carbonyl (C=O) groups is 1. The van der Waals surface area contributed by atoms with Gasteiger partial charge in [-0.2, -0.15) is 0 Å². The lowest BCUT2D eigenvalue weighted by atomic mass is 9.93. The van der Waals surface area contributed by atoms with Crippen molar-refractivity contribution in [1.29, 1.82) is 0 Å². The Morgan fingerprint density at radius 1 is 1.73 bits per heavy atom. The molecule has 15 heavy (non-hydrogen) atoms. The van der Waals surface area contributed by atoms with E-state index in [0.29, 0.717) is 5.13 Å². The van der Waals surface area contributed by atoms with Crippen LogP contribution in [0.3, 0.4) is 0 Å². The molecule has 1 amide bonds. The van der Waals surface area contributed by atoms with E-state index in [9.17, 15) is 4.79 Å². The van der Waals surface area contributed by atoms with E-state index >= 15 is 0 Å². The highest BCUT2D eigenvalue weighted by atomic mass is 32.1. The van der Waals surface area contributed by atoms with Crippen molar-refractivity contribution in [1.82, 2.24) is 4.98 Å². The first-order valence-electron chi connectivity index (χ1n) is 5.17. The van der Waals surface area contributed by atoms with E-state index in [1.165, 1.54) is 11.3 Å². The van der Waals surface area contributed by atoms with Crippen LogP contribution in [0.1, 0.15) is 23.9 Å². The van der Waals surface area contributed by atoms with Crippen molar-refractivity contribution in [2.24, 2.45) is 11.7 Å². The topological polar surface area (TPSA) is 68.0 Å². The van der Waals surface area contributed by atoms with Crippen LogP contribution >= 0.6 is 11.3 Å². The summed E-state index contributed by atoms with van der Waals surface area (Å²) in [6, 6.07) is 0. The number of thiazole rings is 1. The second-order valence-corrected chi connectivity index (χ2v) is 5.07. The van der Waals surface area contributed by atoms with E-state index in [1.807, 2.05) is 0 Å². The van der Waals surface area contributed by atoms with Crippen LogP contribution in [-0.2, 0) is 17.6 Å². The van der Waals surface area contributed by atoms with Crippen molar-refractivity contribution in [3.05, 3.63) is 10.6 Å². The number of fused-ring (bicyclic) bond motifs is 1. The van der Waals surface area contributed by atoms with Gasteiger partial charge in [0.2, 0.25) is 5.91 Å². The maximum Gasteiger partial charge on any atom is 0.239 e. The molecular weight excluding hydrogens is 210 g/mol. The summed E-state index contributed by atoms with van der Waals surface area (Å²) < 4.78 is 0. The van der Waals surface area contributed by atoms with Gasteiger partial charge in [-0.05, 0) is 25.2 Å². The summed E-state index contributed by atoms with van der Waals surface area (Å²) in [6.07, 6.45) is 3.32. The monoisotopic (exact) mass is 225 g/mol. The van der Waals surface area contributed by atoms with Crippen LogP contribution in [0.15, 0.2) is 0 Å². The van der Waals surface area contributed by atoms with Gasteiger partial charge in [0.15, 0.2) is 5.13 Å². The largest absolute Gasteiger partial charge is 0.322 e. The number of aryl methyl sites for hydroxylation is 1. The van der Waals surface area contributed by atoms with Crippen LogP contribution < -0.4 is 11.1 Å². The maximum atomic E-state index is 11.1. The molecule has 5 heteroatoms. The molecule has 1 aromatic heterocycles. The summed E-state index contributed by atoms with van der Waals surface area (Å²) in [5, 5.41) is 3.41. The summed E-state index contributed by atoms with van der Waals surface area (Å²) in [4.78, 5) is 16.8. The van der Waals surface area contributed by atoms with Crippen LogP contribution in [-0.4, -0.2) is 17.4 Å². The molecule has 1 aliphatic rings. The lowest BCUT2D eigenvalue weighted by Crippen LogP contribution is -2.21. The fourth-order valence-corrected chi connectivity index (χ4v) is 2.95. The molecule has 2 rings (SSSR count). The third-order valence-corrected chi connectivity index (χ3v) is 3.65. The van der Waals surface area contributed by atoms with E-state index in [0.717, 1.165) is 24.5 Å². The Labute approximate surface area is 92.9 Å². The first kappa shape index (κ1) is 10.6. The number of hydrogen-bond acceptors (Lipinski definition) is 4. The van der Waals surface area contributed by atoms with Crippen LogP contribution in [0.25, 0.3) is 0 Å². The molecule has 0 bridgehead atoms. The number of anilines is 1. The molecule has 1 aliphatic carbocycles. The molecule has 0 aromatic carbocycles. The van der Waals surface area contributed by atoms with Crippen molar-refractivity contribution < 1.29 is 4.79 Å². The summed E-state index contributed by atoms with van der Waals surface area (Å²) in [6.45, 7) is 2.27. The Bertz CT molecular complexity index is 375. The zero-order valence-electron chi connectivity index (χ0n) is 8.75. The minimum atomic E-state index is -0.172. The van der Waals surface area contributed by atoms with Crippen molar-refractivity contribution >= 4 is 22.4 Å². The summed E-state index contributed by atoms with van der Waals surface area (Å²) >= 11 is 1.58. The second kappa shape index (κ2) is 4.28. The van der Waals surface area contributed by atoms with Gasteiger partial charge >= 0.3 is 0 Å². The number of aromatic nitrogens is 1. The molecule has 82 valence electrons. The van der Waals surface area contributed by atoms with Crippen molar-refractivity contribution in [2.45, 2.75) is 26.2 Å². The van der Waals surface area contributed by atoms with Gasteiger partial charge in [0.1, 0.15) is 0 Å². The van der Waals surface area contributed by atoms with Gasteiger partial charge in [-0.1, -0.05) is 6.92 Å². The molecule has 1 unspecified atom stereocenters. The standard InChI is InChI=1S/C10H15N3OS/c1-6-2-3-7-8(4-6)15-10(12-7)13-9(14)5-11/h6H,2-5,11H2,1H3,(H,12,13,14). The Morgan fingerprint density at radius 2 is 2.53 bits per heavy atom. The van der Waals surface area contributed by atoms with Crippen molar-refractivity contribution in [3.8, 4) is 0 Å². The van der Waals surface area contributed by atoms with Crippen molar-refractivity contribution in [2.75, 3.05) is 11.9 Å². The van der Waals surface area contributed by atoms with Gasteiger partial charge < -0.3 is 11.1 Å². The molecule has 3 N–H and O–H groups in total. The lowest BCUT2D eigenvalue weighted by molar-refractivity contribution is -0.114. The Hall–Kier alpha value is -0.940. The highest BCUT2D eigenvalue weighted by Crippen LogP contribution is 2.31. The Kier molecular flexibility index (Phi) is 3.02. The van der Waals surface area contributed by atoms with Gasteiger partial charge in [-0.3, -0.25) is 4.79 Å². The van der Waals surface area contributed by atoms with E-state index < -0.39 is 0 Å².